The molecule has 105 heavy (non-hydrogen) atoms. The predicted molar refractivity (Wildman–Crippen MR) is 436 cm³/mol. The molecule has 0 amide bonds. The first kappa shape index (κ1) is 100. The van der Waals surface area contributed by atoms with E-state index in [0.717, 1.165) is 128 Å². The zero-order valence-electron chi connectivity index (χ0n) is 65.9. The number of esters is 3. The Morgan fingerprint density at radius 1 is 0.276 bits per heavy atom. The number of aliphatic hydroxyl groups is 2. The van der Waals surface area contributed by atoms with Crippen molar-refractivity contribution in [3.8, 4) is 0 Å². The minimum atomic E-state index is -4.95. The van der Waals surface area contributed by atoms with Crippen molar-refractivity contribution in [1.82, 2.24) is 0 Å². The van der Waals surface area contributed by atoms with E-state index in [0.29, 0.717) is 25.7 Å². The molecule has 0 aromatic rings. The third-order valence-electron chi connectivity index (χ3n) is 17.0. The molecule has 0 aromatic heterocycles. The summed E-state index contributed by atoms with van der Waals surface area (Å²) < 4.78 is 61.1. The zero-order valence-corrected chi connectivity index (χ0v) is 67.6. The zero-order chi connectivity index (χ0) is 76.6. The van der Waals surface area contributed by atoms with Crippen molar-refractivity contribution in [2.75, 3.05) is 39.6 Å². The van der Waals surface area contributed by atoms with Gasteiger partial charge in [0.15, 0.2) is 6.10 Å². The number of carbonyl (C=O) groups excluding carboxylic acids is 3. The van der Waals surface area contributed by atoms with Gasteiger partial charge in [-0.2, -0.15) is 0 Å². The van der Waals surface area contributed by atoms with Gasteiger partial charge in [0.2, 0.25) is 0 Å². The van der Waals surface area contributed by atoms with Crippen molar-refractivity contribution >= 4 is 33.6 Å². The van der Waals surface area contributed by atoms with Crippen LogP contribution < -0.4 is 0 Å². The van der Waals surface area contributed by atoms with Crippen LogP contribution >= 0.6 is 15.6 Å². The minimum absolute atomic E-state index is 0.0196. The topological polar surface area (TPSA) is 231 Å². The molecule has 0 aliphatic heterocycles. The highest BCUT2D eigenvalue weighted by Crippen LogP contribution is 2.45. The summed E-state index contributed by atoms with van der Waals surface area (Å²) in [5.41, 5.74) is 0. The number of unbranched alkanes of at least 4 members (excludes halogenated alkanes) is 30. The summed E-state index contributed by atoms with van der Waals surface area (Å²) in [5.74, 6) is -1.66. The number of phosphoric ester groups is 2. The fraction of sp³-hybridized carbons (Fsp3) is 0.690. The molecule has 602 valence electrons. The van der Waals surface area contributed by atoms with Gasteiger partial charge < -0.3 is 34.2 Å². The first-order valence-corrected chi connectivity index (χ1v) is 44.1. The molecule has 0 saturated carbocycles. The van der Waals surface area contributed by atoms with Crippen LogP contribution in [0.3, 0.4) is 0 Å². The van der Waals surface area contributed by atoms with Gasteiger partial charge in [-0.3, -0.25) is 32.5 Å². The third-order valence-corrected chi connectivity index (χ3v) is 18.9. The Bertz CT molecular complexity index is 2490. The lowest BCUT2D eigenvalue weighted by Crippen LogP contribution is -2.30. The van der Waals surface area contributed by atoms with Crippen LogP contribution in [0.25, 0.3) is 0 Å². The molecule has 0 heterocycles. The summed E-state index contributed by atoms with van der Waals surface area (Å²) in [6.07, 6.45) is 97.7. The fourth-order valence-electron chi connectivity index (χ4n) is 10.8. The van der Waals surface area contributed by atoms with E-state index in [9.17, 15) is 43.5 Å². The monoisotopic (exact) mass is 1510 g/mol. The van der Waals surface area contributed by atoms with Crippen LogP contribution in [0.1, 0.15) is 329 Å². The number of ether oxygens (including phenoxy) is 3. The molecule has 4 N–H and O–H groups in total. The van der Waals surface area contributed by atoms with E-state index in [4.69, 9.17) is 32.3 Å². The van der Waals surface area contributed by atoms with Gasteiger partial charge in [0.1, 0.15) is 25.4 Å². The van der Waals surface area contributed by atoms with Gasteiger partial charge in [0.05, 0.1) is 26.4 Å². The quantitative estimate of drug-likeness (QED) is 0.0146. The van der Waals surface area contributed by atoms with E-state index < -0.39 is 91.5 Å². The van der Waals surface area contributed by atoms with E-state index in [1.54, 1.807) is 0 Å². The summed E-state index contributed by atoms with van der Waals surface area (Å²) in [4.78, 5) is 58.7. The summed E-state index contributed by atoms with van der Waals surface area (Å²) in [5, 5.41) is 20.7. The van der Waals surface area contributed by atoms with E-state index in [1.165, 1.54) is 135 Å². The average Bonchev–Trinajstić information content (AvgIpc) is 0.916. The molecule has 0 radical (unpaired) electrons. The van der Waals surface area contributed by atoms with Gasteiger partial charge in [0, 0.05) is 19.3 Å². The third kappa shape index (κ3) is 80.3. The molecule has 0 fully saturated rings. The van der Waals surface area contributed by atoms with Crippen LogP contribution in [-0.4, -0.2) is 95.9 Å². The second-order valence-corrected chi connectivity index (χ2v) is 30.1. The standard InChI is InChI=1S/C87H148O16P2/c1-4-7-10-13-16-19-22-25-28-31-33-34-35-36-37-38-39-40-41-42-43-44-45-46-48-51-52-55-58-61-64-67-70-73-85(90)97-76-82(88)77-99-104(93,94)100-78-83(89)79-101-105(95,96)102-81-84(103-87(92)75-72-69-66-63-60-57-54-49-30-27-24-21-18-15-12-9-6-3)80-98-86(91)74-71-68-65-62-59-56-53-50-47-32-29-26-23-20-17-14-11-8-5-2/h9,12,16-21,25-30,33-34,36-37,47,50,54,57,63,66,82-84,88-89H,4-8,10-11,13-15,22-24,31-32,35,38-46,48-49,51-53,55-56,58-62,64-65,67-81H2,1-3H3,(H,93,94)(H,95,96)/b12-9-,19-16-,20-17-,21-18-,28-25-,29-26-,30-27-,34-33-,37-36-,50-47-,57-54-,66-63-. The SMILES string of the molecule is CC/C=C\C/C=C\C/C=C\C/C=C\C/C=C\CCCC(=O)OC(COC(=O)CCCCCCCC/C=C\C/C=C\C/C=C\CCCCC)COP(=O)(O)OCC(O)COP(=O)(O)OCC(O)COC(=O)CCCCCCCCCCCCCCCCCCC/C=C\C/C=C\C/C=C\C/C=C\CCCCC. The van der Waals surface area contributed by atoms with E-state index in [-0.39, 0.29) is 19.3 Å². The second kappa shape index (κ2) is 79.0. The Kier molecular flexibility index (Phi) is 75.6. The molecule has 0 aliphatic rings. The summed E-state index contributed by atoms with van der Waals surface area (Å²) >= 11 is 0. The highest BCUT2D eigenvalue weighted by atomic mass is 31.2. The number of aliphatic hydroxyl groups excluding tert-OH is 2. The van der Waals surface area contributed by atoms with Crippen molar-refractivity contribution in [1.29, 1.82) is 0 Å². The Morgan fingerprint density at radius 2 is 0.514 bits per heavy atom. The number of carbonyl (C=O) groups is 3. The lowest BCUT2D eigenvalue weighted by molar-refractivity contribution is -0.161. The molecule has 18 heteroatoms. The number of allylic oxidation sites excluding steroid dienone is 24. The molecule has 0 bridgehead atoms. The first-order valence-electron chi connectivity index (χ1n) is 41.1. The van der Waals surface area contributed by atoms with Crippen LogP contribution in [0.2, 0.25) is 0 Å². The maximum absolute atomic E-state index is 12.9. The van der Waals surface area contributed by atoms with Crippen molar-refractivity contribution in [3.05, 3.63) is 146 Å². The molecule has 5 unspecified atom stereocenters. The number of hydrogen-bond acceptors (Lipinski definition) is 14. The molecular formula is C87H148O16P2. The molecule has 0 aromatic carbocycles. The maximum Gasteiger partial charge on any atom is 0.472 e. The fourth-order valence-corrected chi connectivity index (χ4v) is 12.4. The molecule has 16 nitrogen and oxygen atoms in total. The summed E-state index contributed by atoms with van der Waals surface area (Å²) in [6.45, 7) is 2.44. The smallest absolute Gasteiger partial charge is 0.463 e. The second-order valence-electron chi connectivity index (χ2n) is 27.2. The highest BCUT2D eigenvalue weighted by Gasteiger charge is 2.29. The van der Waals surface area contributed by atoms with Gasteiger partial charge in [-0.1, -0.05) is 314 Å². The Labute approximate surface area is 638 Å². The van der Waals surface area contributed by atoms with Gasteiger partial charge >= 0.3 is 33.6 Å². The summed E-state index contributed by atoms with van der Waals surface area (Å²) in [6, 6.07) is 0. The van der Waals surface area contributed by atoms with E-state index in [2.05, 4.69) is 154 Å². The van der Waals surface area contributed by atoms with Gasteiger partial charge in [-0.25, -0.2) is 9.13 Å². The van der Waals surface area contributed by atoms with Gasteiger partial charge in [0.25, 0.3) is 0 Å². The van der Waals surface area contributed by atoms with E-state index >= 15 is 0 Å². The van der Waals surface area contributed by atoms with Gasteiger partial charge in [-0.05, 0) is 141 Å². The maximum atomic E-state index is 12.9. The molecule has 0 spiro atoms. The lowest BCUT2D eigenvalue weighted by atomic mass is 10.0. The van der Waals surface area contributed by atoms with Gasteiger partial charge in [-0.15, -0.1) is 0 Å². The number of hydrogen-bond donors (Lipinski definition) is 4. The van der Waals surface area contributed by atoms with Crippen molar-refractivity contribution in [2.45, 2.75) is 347 Å². The van der Waals surface area contributed by atoms with Crippen LogP contribution in [0.4, 0.5) is 0 Å². The van der Waals surface area contributed by atoms with Crippen LogP contribution in [0, 0.1) is 0 Å². The average molecular weight is 1510 g/mol. The van der Waals surface area contributed by atoms with Crippen LogP contribution in [0.15, 0.2) is 146 Å². The van der Waals surface area contributed by atoms with E-state index in [1.807, 2.05) is 12.2 Å². The molecule has 0 rings (SSSR count). The highest BCUT2D eigenvalue weighted by molar-refractivity contribution is 7.47. The van der Waals surface area contributed by atoms with Crippen molar-refractivity contribution in [2.24, 2.45) is 0 Å². The first-order chi connectivity index (χ1) is 51.2. The Balaban J connectivity index is 4.51. The predicted octanol–water partition coefficient (Wildman–Crippen LogP) is 24.4. The number of phosphoric acid groups is 2. The summed E-state index contributed by atoms with van der Waals surface area (Å²) in [7, 11) is -9.82. The minimum Gasteiger partial charge on any atom is -0.463 e. The van der Waals surface area contributed by atoms with Crippen molar-refractivity contribution in [3.63, 3.8) is 0 Å². The lowest BCUT2D eigenvalue weighted by Gasteiger charge is -2.21. The number of rotatable bonds is 77. The molecule has 0 aliphatic carbocycles. The Morgan fingerprint density at radius 3 is 0.829 bits per heavy atom. The Hall–Kier alpha value is -4.57. The molecule has 0 saturated heterocycles. The molecular weight excluding hydrogens is 1360 g/mol. The van der Waals surface area contributed by atoms with Crippen LogP contribution in [-0.2, 0) is 55.8 Å². The van der Waals surface area contributed by atoms with Crippen LogP contribution in [0.5, 0.6) is 0 Å². The normalized spacial score (nSPS) is 14.7. The molecule has 5 atom stereocenters. The van der Waals surface area contributed by atoms with Crippen molar-refractivity contribution < 1.29 is 75.8 Å². The largest absolute Gasteiger partial charge is 0.472 e.